The summed E-state index contributed by atoms with van der Waals surface area (Å²) < 4.78 is 5.22. The molecule has 0 bridgehead atoms. The zero-order valence-corrected chi connectivity index (χ0v) is 19.7. The zero-order chi connectivity index (χ0) is 22.2. The summed E-state index contributed by atoms with van der Waals surface area (Å²) in [6.45, 7) is 0.496. The number of nitrogens with one attached hydrogen (secondary N) is 1. The zero-order valence-electron chi connectivity index (χ0n) is 17.4. The molecule has 0 spiro atoms. The Hall–Kier alpha value is -1.89. The third kappa shape index (κ3) is 6.09. The maximum absolute atomic E-state index is 13.3. The number of alkyl halides is 1. The first-order valence-corrected chi connectivity index (χ1v) is 12.1. The Kier molecular flexibility index (Phi) is 8.93. The predicted molar refractivity (Wildman–Crippen MR) is 129 cm³/mol. The molecular formula is C23H26Cl2N2O3S. The Labute approximate surface area is 197 Å². The van der Waals surface area contributed by atoms with Gasteiger partial charge in [-0.15, -0.1) is 23.4 Å². The molecule has 1 heterocycles. The number of methoxy groups -OCH3 is 1. The molecule has 0 saturated carbocycles. The van der Waals surface area contributed by atoms with Crippen LogP contribution in [0.4, 0.5) is 5.69 Å². The van der Waals surface area contributed by atoms with Crippen LogP contribution < -0.4 is 15.0 Å². The van der Waals surface area contributed by atoms with Crippen LogP contribution in [0.25, 0.3) is 0 Å². The minimum absolute atomic E-state index is 0.230. The second kappa shape index (κ2) is 11.7. The summed E-state index contributed by atoms with van der Waals surface area (Å²) in [4.78, 5) is 28.5. The van der Waals surface area contributed by atoms with Crippen molar-refractivity contribution < 1.29 is 14.3 Å². The van der Waals surface area contributed by atoms with Crippen LogP contribution in [0, 0.1) is 0 Å². The summed E-state index contributed by atoms with van der Waals surface area (Å²) >= 11 is 13.8. The van der Waals surface area contributed by atoms with Gasteiger partial charge in [-0.2, -0.15) is 0 Å². The highest BCUT2D eigenvalue weighted by molar-refractivity contribution is 8.03. The number of carbonyl (C=O) groups excluding carboxylic acids is 2. The minimum Gasteiger partial charge on any atom is -0.495 e. The van der Waals surface area contributed by atoms with E-state index in [0.29, 0.717) is 23.0 Å². The van der Waals surface area contributed by atoms with Gasteiger partial charge in [0.15, 0.2) is 0 Å². The van der Waals surface area contributed by atoms with Crippen LogP contribution in [0.5, 0.6) is 5.75 Å². The summed E-state index contributed by atoms with van der Waals surface area (Å²) in [5.74, 6) is 0.528. The van der Waals surface area contributed by atoms with Gasteiger partial charge in [0.2, 0.25) is 11.8 Å². The number of allylic oxidation sites excluding steroid dienone is 4. The second-order valence-corrected chi connectivity index (χ2v) is 9.00. The largest absolute Gasteiger partial charge is 0.495 e. The lowest BCUT2D eigenvalue weighted by Gasteiger charge is -2.31. The predicted octanol–water partition coefficient (Wildman–Crippen LogP) is 5.09. The van der Waals surface area contributed by atoms with Crippen molar-refractivity contribution >= 4 is 52.5 Å². The Bertz CT molecular complexity index is 914. The van der Waals surface area contributed by atoms with Crippen LogP contribution in [-0.4, -0.2) is 43.1 Å². The van der Waals surface area contributed by atoms with Gasteiger partial charge < -0.3 is 10.1 Å². The average molecular weight is 481 g/mol. The molecule has 1 atom stereocenters. The molecule has 0 fully saturated rings. The Morgan fingerprint density at radius 2 is 2.10 bits per heavy atom. The third-order valence-corrected chi connectivity index (χ3v) is 6.78. The normalized spacial score (nSPS) is 16.4. The van der Waals surface area contributed by atoms with Crippen molar-refractivity contribution in [1.82, 2.24) is 5.32 Å². The van der Waals surface area contributed by atoms with Gasteiger partial charge in [-0.05, 0) is 43.9 Å². The number of thioether (sulfide) groups is 1. The summed E-state index contributed by atoms with van der Waals surface area (Å²) in [5, 5.41) is 3.37. The van der Waals surface area contributed by atoms with Crippen LogP contribution in [0.3, 0.4) is 0 Å². The third-order valence-electron chi connectivity index (χ3n) is 5.09. The van der Waals surface area contributed by atoms with E-state index in [0.717, 1.165) is 36.3 Å². The Balaban J connectivity index is 1.85. The number of rotatable bonds is 9. The van der Waals surface area contributed by atoms with Gasteiger partial charge in [-0.25, -0.2) is 0 Å². The number of hydrogen-bond acceptors (Lipinski definition) is 4. The molecule has 2 amide bonds. The molecular weight excluding hydrogens is 455 g/mol. The molecule has 0 radical (unpaired) electrons. The van der Waals surface area contributed by atoms with Gasteiger partial charge in [-0.1, -0.05) is 41.5 Å². The molecule has 1 aliphatic heterocycles. The molecule has 1 aliphatic carbocycles. The summed E-state index contributed by atoms with van der Waals surface area (Å²) in [5.41, 5.74) is 1.72. The van der Waals surface area contributed by atoms with Crippen molar-refractivity contribution in [3.05, 3.63) is 58.0 Å². The SMILES string of the molecule is COc1ccc(N(C(=O)CCl)C(C(=O)NCCC2=CCCC=C2)C2=CCCS2)cc1Cl. The number of nitrogens with zero attached hydrogens (tertiary/aromatic N) is 1. The van der Waals surface area contributed by atoms with Gasteiger partial charge in [0.25, 0.3) is 0 Å². The summed E-state index contributed by atoms with van der Waals surface area (Å²) in [6.07, 6.45) is 12.2. The van der Waals surface area contributed by atoms with Crippen LogP contribution >= 0.6 is 35.0 Å². The van der Waals surface area contributed by atoms with Crippen molar-refractivity contribution in [3.63, 3.8) is 0 Å². The second-order valence-electron chi connectivity index (χ2n) is 7.16. The minimum atomic E-state index is -0.793. The van der Waals surface area contributed by atoms with E-state index in [1.54, 1.807) is 30.0 Å². The lowest BCUT2D eigenvalue weighted by Crippen LogP contribution is -2.51. The van der Waals surface area contributed by atoms with Crippen LogP contribution in [-0.2, 0) is 9.59 Å². The number of amides is 2. The number of anilines is 1. The Morgan fingerprint density at radius 3 is 2.71 bits per heavy atom. The highest BCUT2D eigenvalue weighted by Crippen LogP contribution is 2.36. The number of benzene rings is 1. The number of hydrogen-bond donors (Lipinski definition) is 1. The van der Waals surface area contributed by atoms with E-state index in [4.69, 9.17) is 27.9 Å². The molecule has 5 nitrogen and oxygen atoms in total. The van der Waals surface area contributed by atoms with E-state index in [2.05, 4.69) is 23.5 Å². The number of carbonyl (C=O) groups is 2. The van der Waals surface area contributed by atoms with Crippen molar-refractivity contribution in [2.75, 3.05) is 30.2 Å². The topological polar surface area (TPSA) is 58.6 Å². The van der Waals surface area contributed by atoms with E-state index < -0.39 is 6.04 Å². The molecule has 1 unspecified atom stereocenters. The van der Waals surface area contributed by atoms with Crippen LogP contribution in [0.15, 0.2) is 53.0 Å². The highest BCUT2D eigenvalue weighted by Gasteiger charge is 2.35. The average Bonchev–Trinajstić information content (AvgIpc) is 3.31. The Morgan fingerprint density at radius 1 is 1.26 bits per heavy atom. The number of halogens is 2. The quantitative estimate of drug-likeness (QED) is 0.499. The maximum atomic E-state index is 13.3. The fraction of sp³-hybridized carbons (Fsp3) is 0.391. The van der Waals surface area contributed by atoms with Gasteiger partial charge in [0.05, 0.1) is 12.1 Å². The summed E-state index contributed by atoms with van der Waals surface area (Å²) in [7, 11) is 1.52. The molecule has 3 rings (SSSR count). The molecule has 0 saturated heterocycles. The first kappa shape index (κ1) is 23.8. The first-order chi connectivity index (χ1) is 15.0. The van der Waals surface area contributed by atoms with Gasteiger partial charge >= 0.3 is 0 Å². The molecule has 166 valence electrons. The van der Waals surface area contributed by atoms with E-state index in [1.807, 2.05) is 6.08 Å². The van der Waals surface area contributed by atoms with E-state index >= 15 is 0 Å². The van der Waals surface area contributed by atoms with Gasteiger partial charge in [0.1, 0.15) is 17.7 Å². The lowest BCUT2D eigenvalue weighted by atomic mass is 10.0. The number of ether oxygens (including phenoxy) is 1. The van der Waals surface area contributed by atoms with Crippen molar-refractivity contribution in [2.24, 2.45) is 0 Å². The van der Waals surface area contributed by atoms with Crippen molar-refractivity contribution in [3.8, 4) is 5.75 Å². The standard InChI is InChI=1S/C23H26Cl2N2O3S/c1-30-19-10-9-17(14-18(19)25)27(21(28)15-24)22(20-8-5-13-31-20)23(29)26-12-11-16-6-3-2-4-7-16/h3,6-10,14,22H,2,4-5,11-13,15H2,1H3,(H,26,29). The fourth-order valence-electron chi connectivity index (χ4n) is 3.59. The van der Waals surface area contributed by atoms with Gasteiger partial charge in [0, 0.05) is 22.9 Å². The smallest absolute Gasteiger partial charge is 0.248 e. The fourth-order valence-corrected chi connectivity index (χ4v) is 5.05. The maximum Gasteiger partial charge on any atom is 0.248 e. The molecule has 31 heavy (non-hydrogen) atoms. The first-order valence-electron chi connectivity index (χ1n) is 10.2. The molecule has 1 aromatic rings. The summed E-state index contributed by atoms with van der Waals surface area (Å²) in [6, 6.07) is 4.23. The molecule has 8 heteroatoms. The van der Waals surface area contributed by atoms with E-state index in [-0.39, 0.29) is 17.7 Å². The van der Waals surface area contributed by atoms with Crippen molar-refractivity contribution in [1.29, 1.82) is 0 Å². The van der Waals surface area contributed by atoms with E-state index in [1.165, 1.54) is 17.6 Å². The van der Waals surface area contributed by atoms with Gasteiger partial charge in [-0.3, -0.25) is 14.5 Å². The van der Waals surface area contributed by atoms with E-state index in [9.17, 15) is 9.59 Å². The monoisotopic (exact) mass is 480 g/mol. The lowest BCUT2D eigenvalue weighted by molar-refractivity contribution is -0.124. The highest BCUT2D eigenvalue weighted by atomic mass is 35.5. The molecule has 1 aromatic carbocycles. The molecule has 1 N–H and O–H groups in total. The van der Waals surface area contributed by atoms with Crippen LogP contribution in [0.2, 0.25) is 5.02 Å². The molecule has 0 aromatic heterocycles. The van der Waals surface area contributed by atoms with Crippen LogP contribution in [0.1, 0.15) is 25.7 Å². The molecule has 2 aliphatic rings. The van der Waals surface area contributed by atoms with Crippen molar-refractivity contribution in [2.45, 2.75) is 31.7 Å².